The first-order valence-corrected chi connectivity index (χ1v) is 9.90. The lowest BCUT2D eigenvalue weighted by atomic mass is 10.3. The molecule has 0 aliphatic heterocycles. The Morgan fingerprint density at radius 3 is 2.58 bits per heavy atom. The largest absolute Gasteiger partial charge is 0.461 e. The Bertz CT molecular complexity index is 805. The van der Waals surface area contributed by atoms with Gasteiger partial charge in [-0.25, -0.2) is 13.1 Å². The van der Waals surface area contributed by atoms with Crippen LogP contribution in [0.3, 0.4) is 0 Å². The van der Waals surface area contributed by atoms with Crippen LogP contribution in [0.1, 0.15) is 39.6 Å². The van der Waals surface area contributed by atoms with Crippen LogP contribution in [0.2, 0.25) is 0 Å². The number of hydrogen-bond donors (Lipinski definition) is 1. The van der Waals surface area contributed by atoms with Crippen molar-refractivity contribution in [2.75, 3.05) is 0 Å². The molecule has 1 atom stereocenters. The van der Waals surface area contributed by atoms with Gasteiger partial charge in [-0.3, -0.25) is 4.57 Å². The molecule has 24 heavy (non-hydrogen) atoms. The number of benzene rings is 1. The Morgan fingerprint density at radius 2 is 2.00 bits per heavy atom. The molecule has 1 aromatic carbocycles. The summed E-state index contributed by atoms with van der Waals surface area (Å²) in [6.45, 7) is 8.02. The van der Waals surface area contributed by atoms with Crippen LogP contribution in [0, 0.1) is 0 Å². The van der Waals surface area contributed by atoms with Gasteiger partial charge in [-0.15, -0.1) is 5.10 Å². The minimum absolute atomic E-state index is 0.0407. The van der Waals surface area contributed by atoms with E-state index in [4.69, 9.17) is 4.74 Å². The molecule has 0 spiro atoms. The molecule has 2 rings (SSSR count). The number of aromatic nitrogens is 3. The molecular formula is C15H21BrN4O3S. The third-order valence-electron chi connectivity index (χ3n) is 3.23. The maximum atomic E-state index is 12.5. The van der Waals surface area contributed by atoms with Gasteiger partial charge in [0.2, 0.25) is 10.0 Å². The quantitative estimate of drug-likeness (QED) is 0.749. The Balaban J connectivity index is 2.26. The molecule has 0 saturated carbocycles. The smallest absolute Gasteiger partial charge is 0.317 e. The summed E-state index contributed by atoms with van der Waals surface area (Å²) < 4.78 is 35.8. The zero-order valence-electron chi connectivity index (χ0n) is 14.0. The lowest BCUT2D eigenvalue weighted by Gasteiger charge is -2.16. The molecule has 7 nitrogen and oxygen atoms in total. The fourth-order valence-corrected chi connectivity index (χ4v) is 4.00. The predicted octanol–water partition coefficient (Wildman–Crippen LogP) is 2.89. The number of nitrogens with zero attached hydrogens (tertiary/aromatic N) is 3. The van der Waals surface area contributed by atoms with Gasteiger partial charge < -0.3 is 4.74 Å². The van der Waals surface area contributed by atoms with Crippen molar-refractivity contribution in [3.63, 3.8) is 0 Å². The number of halogens is 1. The average Bonchev–Trinajstić information content (AvgIpc) is 2.88. The SMILES string of the molecule is CCn1c(OC(C)C)nnc1[C@@H](C)NS(=O)(=O)c1cccc(Br)c1. The van der Waals surface area contributed by atoms with Gasteiger partial charge in [-0.05, 0) is 45.9 Å². The molecule has 0 fully saturated rings. The summed E-state index contributed by atoms with van der Waals surface area (Å²) in [4.78, 5) is 0.185. The molecule has 0 amide bonds. The van der Waals surface area contributed by atoms with Crippen molar-refractivity contribution in [3.8, 4) is 6.01 Å². The minimum atomic E-state index is -3.67. The van der Waals surface area contributed by atoms with Crippen LogP contribution >= 0.6 is 15.9 Å². The molecule has 9 heteroatoms. The highest BCUT2D eigenvalue weighted by Gasteiger charge is 2.24. The van der Waals surface area contributed by atoms with Crippen LogP contribution in [0.25, 0.3) is 0 Å². The van der Waals surface area contributed by atoms with Crippen molar-refractivity contribution >= 4 is 26.0 Å². The van der Waals surface area contributed by atoms with Crippen LogP contribution in [-0.4, -0.2) is 29.3 Å². The summed E-state index contributed by atoms with van der Waals surface area (Å²) in [5.74, 6) is 0.506. The molecule has 1 aromatic heterocycles. The number of nitrogens with one attached hydrogen (secondary N) is 1. The summed E-state index contributed by atoms with van der Waals surface area (Å²) in [6.07, 6.45) is -0.0407. The van der Waals surface area contributed by atoms with Crippen LogP contribution < -0.4 is 9.46 Å². The van der Waals surface area contributed by atoms with E-state index in [1.165, 1.54) is 6.07 Å². The fraction of sp³-hybridized carbons (Fsp3) is 0.467. The molecule has 0 aliphatic carbocycles. The Labute approximate surface area is 150 Å². The van der Waals surface area contributed by atoms with Gasteiger partial charge in [0.25, 0.3) is 0 Å². The summed E-state index contributed by atoms with van der Waals surface area (Å²) in [5.41, 5.74) is 0. The summed E-state index contributed by atoms with van der Waals surface area (Å²) in [7, 11) is -3.67. The van der Waals surface area contributed by atoms with Crippen LogP contribution in [0.15, 0.2) is 33.6 Å². The van der Waals surface area contributed by atoms with Gasteiger partial charge in [0.1, 0.15) is 0 Å². The van der Waals surface area contributed by atoms with Gasteiger partial charge >= 0.3 is 6.01 Å². The van der Waals surface area contributed by atoms with Gasteiger partial charge in [0, 0.05) is 11.0 Å². The topological polar surface area (TPSA) is 86.1 Å². The number of sulfonamides is 1. The molecule has 0 unspecified atom stereocenters. The highest BCUT2D eigenvalue weighted by atomic mass is 79.9. The lowest BCUT2D eigenvalue weighted by molar-refractivity contribution is 0.211. The van der Waals surface area contributed by atoms with E-state index in [9.17, 15) is 8.42 Å². The number of hydrogen-bond acceptors (Lipinski definition) is 5. The van der Waals surface area contributed by atoms with E-state index in [1.807, 2.05) is 20.8 Å². The second-order valence-electron chi connectivity index (χ2n) is 5.55. The first-order chi connectivity index (χ1) is 11.2. The van der Waals surface area contributed by atoms with E-state index in [0.29, 0.717) is 22.9 Å². The van der Waals surface area contributed by atoms with Gasteiger partial charge in [-0.2, -0.15) is 0 Å². The van der Waals surface area contributed by atoms with Crippen LogP contribution in [-0.2, 0) is 16.6 Å². The third-order valence-corrected chi connectivity index (χ3v) is 5.26. The number of ether oxygens (including phenoxy) is 1. The van der Waals surface area contributed by atoms with E-state index in [0.717, 1.165) is 0 Å². The molecule has 0 radical (unpaired) electrons. The maximum Gasteiger partial charge on any atom is 0.317 e. The van der Waals surface area contributed by atoms with Crippen molar-refractivity contribution in [2.45, 2.75) is 51.3 Å². The van der Waals surface area contributed by atoms with E-state index < -0.39 is 16.1 Å². The fourth-order valence-electron chi connectivity index (χ4n) is 2.20. The normalized spacial score (nSPS) is 13.2. The van der Waals surface area contributed by atoms with Crippen molar-refractivity contribution in [2.24, 2.45) is 0 Å². The number of rotatable bonds is 7. The Kier molecular flexibility index (Phi) is 6.00. The highest BCUT2D eigenvalue weighted by Crippen LogP contribution is 2.21. The first kappa shape index (κ1) is 18.9. The van der Waals surface area contributed by atoms with E-state index in [1.54, 1.807) is 29.7 Å². The molecule has 132 valence electrons. The summed E-state index contributed by atoms with van der Waals surface area (Å²) in [5, 5.41) is 8.10. The van der Waals surface area contributed by atoms with Gasteiger partial charge in [0.15, 0.2) is 5.82 Å². The first-order valence-electron chi connectivity index (χ1n) is 7.62. The van der Waals surface area contributed by atoms with Crippen LogP contribution in [0.5, 0.6) is 6.01 Å². The van der Waals surface area contributed by atoms with Gasteiger partial charge in [0.05, 0.1) is 17.0 Å². The van der Waals surface area contributed by atoms with Crippen molar-refractivity contribution < 1.29 is 13.2 Å². The molecule has 1 N–H and O–H groups in total. The van der Waals surface area contributed by atoms with E-state index in [2.05, 4.69) is 30.8 Å². The second kappa shape index (κ2) is 7.62. The van der Waals surface area contributed by atoms with Crippen molar-refractivity contribution in [1.82, 2.24) is 19.5 Å². The standard InChI is InChI=1S/C15H21BrN4O3S/c1-5-20-14(17-18-15(20)23-10(2)3)11(4)19-24(21,22)13-8-6-7-12(16)9-13/h6-11,19H,5H2,1-4H3/t11-/m1/s1. The molecule has 0 aliphatic rings. The predicted molar refractivity (Wildman–Crippen MR) is 94.3 cm³/mol. The molecule has 1 heterocycles. The molecule has 2 aromatic rings. The van der Waals surface area contributed by atoms with Crippen molar-refractivity contribution in [1.29, 1.82) is 0 Å². The van der Waals surface area contributed by atoms with E-state index >= 15 is 0 Å². The van der Waals surface area contributed by atoms with Gasteiger partial charge in [-0.1, -0.05) is 27.1 Å². The molecule has 0 saturated heterocycles. The Morgan fingerprint density at radius 1 is 1.29 bits per heavy atom. The molecule has 0 bridgehead atoms. The summed E-state index contributed by atoms with van der Waals surface area (Å²) in [6, 6.07) is 6.37. The lowest BCUT2D eigenvalue weighted by Crippen LogP contribution is -2.29. The maximum absolute atomic E-state index is 12.5. The Hall–Kier alpha value is -1.45. The van der Waals surface area contributed by atoms with Crippen molar-refractivity contribution in [3.05, 3.63) is 34.6 Å². The zero-order valence-corrected chi connectivity index (χ0v) is 16.4. The molecular weight excluding hydrogens is 396 g/mol. The van der Waals surface area contributed by atoms with Crippen LogP contribution in [0.4, 0.5) is 0 Å². The highest BCUT2D eigenvalue weighted by molar-refractivity contribution is 9.10. The minimum Gasteiger partial charge on any atom is -0.461 e. The average molecular weight is 417 g/mol. The third kappa shape index (κ3) is 4.34. The zero-order chi connectivity index (χ0) is 17.9. The summed E-state index contributed by atoms with van der Waals surface area (Å²) >= 11 is 3.28. The monoisotopic (exact) mass is 416 g/mol. The second-order valence-corrected chi connectivity index (χ2v) is 8.18. The van der Waals surface area contributed by atoms with E-state index in [-0.39, 0.29) is 11.0 Å².